The molecule has 15 heavy (non-hydrogen) atoms. The quantitative estimate of drug-likeness (QED) is 0.712. The molecule has 1 aliphatic carbocycles. The predicted octanol–water partition coefficient (Wildman–Crippen LogP) is 1.81. The van der Waals surface area contributed by atoms with Gasteiger partial charge in [-0.05, 0) is 31.6 Å². The molecule has 0 aromatic rings. The number of likely N-dealkylation sites (N-methyl/N-ethyl adjacent to an activating group) is 1. The summed E-state index contributed by atoms with van der Waals surface area (Å²) >= 11 is 0. The number of carbonyl (C=O) groups is 1. The molecular weight excluding hydrogens is 190 g/mol. The Morgan fingerprint density at radius 2 is 2.00 bits per heavy atom. The minimum atomic E-state index is -0.142. The lowest BCUT2D eigenvalue weighted by Crippen LogP contribution is -2.38. The van der Waals surface area contributed by atoms with E-state index in [0.717, 1.165) is 31.9 Å². The van der Waals surface area contributed by atoms with E-state index in [2.05, 4.69) is 0 Å². The van der Waals surface area contributed by atoms with E-state index in [-0.39, 0.29) is 12.0 Å². The average Bonchev–Trinajstić information content (AvgIpc) is 2.88. The van der Waals surface area contributed by atoms with Crippen LogP contribution in [0.1, 0.15) is 38.5 Å². The Labute approximate surface area is 91.8 Å². The number of hydrogen-bond donors (Lipinski definition) is 0. The van der Waals surface area contributed by atoms with Gasteiger partial charge in [-0.3, -0.25) is 4.79 Å². The molecule has 1 amide bonds. The highest BCUT2D eigenvalue weighted by molar-refractivity contribution is 5.80. The number of ether oxygens (including phenoxy) is 1. The first-order valence-electron chi connectivity index (χ1n) is 6.14. The van der Waals surface area contributed by atoms with Crippen LogP contribution in [0.2, 0.25) is 0 Å². The van der Waals surface area contributed by atoms with E-state index in [9.17, 15) is 4.79 Å². The first-order chi connectivity index (χ1) is 7.27. The minimum absolute atomic E-state index is 0.142. The molecule has 3 heteroatoms. The van der Waals surface area contributed by atoms with E-state index in [1.54, 1.807) is 0 Å². The monoisotopic (exact) mass is 211 g/mol. The average molecular weight is 211 g/mol. The summed E-state index contributed by atoms with van der Waals surface area (Å²) in [7, 11) is 1.92. The van der Waals surface area contributed by atoms with Gasteiger partial charge in [-0.15, -0.1) is 0 Å². The van der Waals surface area contributed by atoms with Crippen molar-refractivity contribution >= 4 is 5.91 Å². The Balaban J connectivity index is 1.78. The predicted molar refractivity (Wildman–Crippen MR) is 58.6 cm³/mol. The van der Waals surface area contributed by atoms with Crippen LogP contribution in [-0.4, -0.2) is 37.1 Å². The second-order valence-corrected chi connectivity index (χ2v) is 4.87. The Kier molecular flexibility index (Phi) is 3.62. The highest BCUT2D eigenvalue weighted by Gasteiger charge is 2.28. The molecule has 1 aliphatic heterocycles. The maximum absolute atomic E-state index is 11.9. The van der Waals surface area contributed by atoms with Crippen molar-refractivity contribution in [2.45, 2.75) is 44.6 Å². The first kappa shape index (κ1) is 10.9. The fourth-order valence-electron chi connectivity index (χ4n) is 2.69. The van der Waals surface area contributed by atoms with Crippen LogP contribution in [0.3, 0.4) is 0 Å². The lowest BCUT2D eigenvalue weighted by atomic mass is 10.1. The molecular formula is C12H21NO2. The highest BCUT2D eigenvalue weighted by atomic mass is 16.5. The van der Waals surface area contributed by atoms with Crippen molar-refractivity contribution in [2.75, 3.05) is 20.2 Å². The van der Waals surface area contributed by atoms with Crippen LogP contribution in [0.25, 0.3) is 0 Å². The van der Waals surface area contributed by atoms with Gasteiger partial charge in [0.25, 0.3) is 5.91 Å². The molecule has 0 radical (unpaired) electrons. The summed E-state index contributed by atoms with van der Waals surface area (Å²) in [5.41, 5.74) is 0. The van der Waals surface area contributed by atoms with Crippen molar-refractivity contribution in [3.05, 3.63) is 0 Å². The van der Waals surface area contributed by atoms with E-state index in [1.165, 1.54) is 25.7 Å². The third kappa shape index (κ3) is 2.71. The Bertz CT molecular complexity index is 218. The van der Waals surface area contributed by atoms with Gasteiger partial charge in [-0.2, -0.15) is 0 Å². The van der Waals surface area contributed by atoms with Gasteiger partial charge in [0.15, 0.2) is 0 Å². The van der Waals surface area contributed by atoms with Gasteiger partial charge in [0, 0.05) is 20.2 Å². The van der Waals surface area contributed by atoms with Gasteiger partial charge in [0.1, 0.15) is 6.10 Å². The Morgan fingerprint density at radius 3 is 2.60 bits per heavy atom. The number of nitrogens with zero attached hydrogens (tertiary/aromatic N) is 1. The Hall–Kier alpha value is -0.570. The minimum Gasteiger partial charge on any atom is -0.368 e. The smallest absolute Gasteiger partial charge is 0.251 e. The second kappa shape index (κ2) is 4.97. The van der Waals surface area contributed by atoms with E-state index in [1.807, 2.05) is 11.9 Å². The van der Waals surface area contributed by atoms with E-state index in [0.29, 0.717) is 0 Å². The number of amides is 1. The van der Waals surface area contributed by atoms with Crippen LogP contribution in [0.15, 0.2) is 0 Å². The van der Waals surface area contributed by atoms with Crippen molar-refractivity contribution in [2.24, 2.45) is 5.92 Å². The summed E-state index contributed by atoms with van der Waals surface area (Å²) in [4.78, 5) is 13.8. The van der Waals surface area contributed by atoms with E-state index in [4.69, 9.17) is 4.74 Å². The zero-order valence-corrected chi connectivity index (χ0v) is 9.58. The summed E-state index contributed by atoms with van der Waals surface area (Å²) in [6.45, 7) is 1.69. The molecule has 1 heterocycles. The van der Waals surface area contributed by atoms with Gasteiger partial charge in [-0.1, -0.05) is 12.8 Å². The molecule has 0 N–H and O–H groups in total. The molecule has 3 nitrogen and oxygen atoms in total. The zero-order valence-electron chi connectivity index (χ0n) is 9.58. The van der Waals surface area contributed by atoms with Crippen LogP contribution in [0, 0.1) is 5.92 Å². The normalized spacial score (nSPS) is 27.1. The molecule has 0 aromatic heterocycles. The van der Waals surface area contributed by atoms with Crippen molar-refractivity contribution in [3.8, 4) is 0 Å². The van der Waals surface area contributed by atoms with Gasteiger partial charge < -0.3 is 9.64 Å². The van der Waals surface area contributed by atoms with Crippen LogP contribution >= 0.6 is 0 Å². The van der Waals surface area contributed by atoms with Crippen molar-refractivity contribution < 1.29 is 9.53 Å². The lowest BCUT2D eigenvalue weighted by Gasteiger charge is -2.23. The molecule has 0 bridgehead atoms. The number of hydrogen-bond acceptors (Lipinski definition) is 2. The number of rotatable bonds is 3. The maximum Gasteiger partial charge on any atom is 0.251 e. The van der Waals surface area contributed by atoms with Gasteiger partial charge in [-0.25, -0.2) is 0 Å². The molecule has 1 unspecified atom stereocenters. The van der Waals surface area contributed by atoms with Crippen LogP contribution in [0.4, 0.5) is 0 Å². The SMILES string of the molecule is CN(CC1CCCC1)C(=O)C1CCCO1. The molecule has 2 aliphatic rings. The largest absolute Gasteiger partial charge is 0.368 e. The topological polar surface area (TPSA) is 29.5 Å². The number of carbonyl (C=O) groups excluding carboxylic acids is 1. The van der Waals surface area contributed by atoms with Crippen LogP contribution < -0.4 is 0 Å². The maximum atomic E-state index is 11.9. The third-order valence-corrected chi connectivity index (χ3v) is 3.59. The zero-order chi connectivity index (χ0) is 10.7. The van der Waals surface area contributed by atoms with Crippen molar-refractivity contribution in [1.82, 2.24) is 4.90 Å². The summed E-state index contributed by atoms with van der Waals surface area (Å²) in [5, 5.41) is 0. The molecule has 86 valence electrons. The van der Waals surface area contributed by atoms with Crippen molar-refractivity contribution in [1.29, 1.82) is 0 Å². The van der Waals surface area contributed by atoms with E-state index >= 15 is 0 Å². The van der Waals surface area contributed by atoms with Crippen LogP contribution in [-0.2, 0) is 9.53 Å². The van der Waals surface area contributed by atoms with E-state index < -0.39 is 0 Å². The molecule has 1 atom stereocenters. The summed E-state index contributed by atoms with van der Waals surface area (Å²) in [5.74, 6) is 0.930. The standard InChI is InChI=1S/C12H21NO2/c1-13(9-10-5-2-3-6-10)12(14)11-7-4-8-15-11/h10-11H,2-9H2,1H3. The van der Waals surface area contributed by atoms with Gasteiger partial charge in [0.2, 0.25) is 0 Å². The van der Waals surface area contributed by atoms with Crippen molar-refractivity contribution in [3.63, 3.8) is 0 Å². The molecule has 2 fully saturated rings. The fourth-order valence-corrected chi connectivity index (χ4v) is 2.69. The Morgan fingerprint density at radius 1 is 1.27 bits per heavy atom. The summed E-state index contributed by atoms with van der Waals surface area (Å²) < 4.78 is 5.41. The third-order valence-electron chi connectivity index (χ3n) is 3.59. The van der Waals surface area contributed by atoms with Crippen LogP contribution in [0.5, 0.6) is 0 Å². The van der Waals surface area contributed by atoms with Gasteiger partial charge >= 0.3 is 0 Å². The first-order valence-corrected chi connectivity index (χ1v) is 6.14. The molecule has 1 saturated carbocycles. The lowest BCUT2D eigenvalue weighted by molar-refractivity contribution is -0.140. The second-order valence-electron chi connectivity index (χ2n) is 4.87. The summed E-state index contributed by atoms with van der Waals surface area (Å²) in [6, 6.07) is 0. The highest BCUT2D eigenvalue weighted by Crippen LogP contribution is 2.25. The molecule has 0 spiro atoms. The molecule has 1 saturated heterocycles. The molecule has 0 aromatic carbocycles. The summed E-state index contributed by atoms with van der Waals surface area (Å²) in [6.07, 6.45) is 7.07. The van der Waals surface area contributed by atoms with Gasteiger partial charge in [0.05, 0.1) is 0 Å². The fraction of sp³-hybridized carbons (Fsp3) is 0.917. The molecule has 2 rings (SSSR count).